The summed E-state index contributed by atoms with van der Waals surface area (Å²) in [6.07, 6.45) is 3.61. The van der Waals surface area contributed by atoms with Gasteiger partial charge in [-0.1, -0.05) is 12.1 Å². The van der Waals surface area contributed by atoms with Crippen LogP contribution in [0.5, 0.6) is 0 Å². The molecule has 0 aliphatic carbocycles. The van der Waals surface area contributed by atoms with Crippen molar-refractivity contribution < 1.29 is 4.79 Å². The predicted octanol–water partition coefficient (Wildman–Crippen LogP) is 1.39. The van der Waals surface area contributed by atoms with E-state index >= 15 is 0 Å². The third-order valence-corrected chi connectivity index (χ3v) is 1.37. The summed E-state index contributed by atoms with van der Waals surface area (Å²) in [7, 11) is 0. The van der Waals surface area contributed by atoms with E-state index in [1.807, 2.05) is 18.2 Å². The van der Waals surface area contributed by atoms with E-state index in [0.29, 0.717) is 12.0 Å². The number of nitrogens with two attached hydrogens (primary N) is 1. The quantitative estimate of drug-likeness (QED) is 0.401. The molecular formula is C9H10N2O. The minimum absolute atomic E-state index is 0.660. The first kappa shape index (κ1) is 8.33. The van der Waals surface area contributed by atoms with Gasteiger partial charge in [-0.3, -0.25) is 4.79 Å². The molecule has 1 aromatic carbocycles. The number of para-hydroxylation sites is 2. The normalized spacial score (nSPS) is 10.0. The van der Waals surface area contributed by atoms with E-state index < -0.39 is 0 Å². The Balaban J connectivity index is 2.69. The highest BCUT2D eigenvalue weighted by molar-refractivity contribution is 5.69. The van der Waals surface area contributed by atoms with Crippen molar-refractivity contribution in [3.63, 3.8) is 0 Å². The molecule has 0 aliphatic heterocycles. The van der Waals surface area contributed by atoms with Gasteiger partial charge in [0.25, 0.3) is 0 Å². The molecule has 0 unspecified atom stereocenters. The van der Waals surface area contributed by atoms with Crippen molar-refractivity contribution in [2.24, 2.45) is 0 Å². The van der Waals surface area contributed by atoms with E-state index in [-0.39, 0.29) is 0 Å². The number of aldehydes is 1. The lowest BCUT2D eigenvalue weighted by molar-refractivity contribution is -0.104. The Bertz CT molecular complexity index is 294. The van der Waals surface area contributed by atoms with E-state index in [1.54, 1.807) is 12.3 Å². The zero-order valence-electron chi connectivity index (χ0n) is 6.53. The van der Waals surface area contributed by atoms with Gasteiger partial charge in [0.1, 0.15) is 6.29 Å². The average Bonchev–Trinajstić information content (AvgIpc) is 2.09. The summed E-state index contributed by atoms with van der Waals surface area (Å²) in [5.41, 5.74) is 7.08. The SMILES string of the molecule is Nc1ccccc1NC=CC=O. The van der Waals surface area contributed by atoms with Gasteiger partial charge < -0.3 is 11.1 Å². The Morgan fingerprint density at radius 2 is 2.08 bits per heavy atom. The van der Waals surface area contributed by atoms with Crippen LogP contribution in [0.15, 0.2) is 36.5 Å². The molecule has 0 saturated heterocycles. The fraction of sp³-hybridized carbons (Fsp3) is 0. The lowest BCUT2D eigenvalue weighted by Crippen LogP contribution is -1.93. The molecule has 3 N–H and O–H groups in total. The van der Waals surface area contributed by atoms with E-state index in [0.717, 1.165) is 5.69 Å². The van der Waals surface area contributed by atoms with Gasteiger partial charge in [-0.2, -0.15) is 0 Å². The van der Waals surface area contributed by atoms with Crippen LogP contribution < -0.4 is 11.1 Å². The van der Waals surface area contributed by atoms with Crippen molar-refractivity contribution in [2.45, 2.75) is 0 Å². The molecule has 0 saturated carbocycles. The number of anilines is 2. The Kier molecular flexibility index (Phi) is 2.90. The second-order valence-electron chi connectivity index (χ2n) is 2.23. The molecule has 12 heavy (non-hydrogen) atoms. The fourth-order valence-electron chi connectivity index (χ4n) is 0.806. The van der Waals surface area contributed by atoms with E-state index in [2.05, 4.69) is 5.32 Å². The summed E-state index contributed by atoms with van der Waals surface area (Å²) in [5.74, 6) is 0. The molecule has 62 valence electrons. The summed E-state index contributed by atoms with van der Waals surface area (Å²) in [6, 6.07) is 7.35. The second-order valence-corrected chi connectivity index (χ2v) is 2.23. The molecule has 0 atom stereocenters. The van der Waals surface area contributed by atoms with Crippen molar-refractivity contribution in [1.82, 2.24) is 0 Å². The summed E-state index contributed by atoms with van der Waals surface area (Å²) in [5, 5.41) is 2.88. The smallest absolute Gasteiger partial charge is 0.144 e. The number of carbonyl (C=O) groups is 1. The topological polar surface area (TPSA) is 55.1 Å². The largest absolute Gasteiger partial charge is 0.397 e. The highest BCUT2D eigenvalue weighted by Crippen LogP contribution is 2.15. The summed E-state index contributed by atoms with van der Waals surface area (Å²) < 4.78 is 0. The van der Waals surface area contributed by atoms with Crippen LogP contribution >= 0.6 is 0 Å². The number of hydrogen-bond acceptors (Lipinski definition) is 3. The van der Waals surface area contributed by atoms with Gasteiger partial charge in [0.2, 0.25) is 0 Å². The highest BCUT2D eigenvalue weighted by Gasteiger charge is 1.91. The molecular weight excluding hydrogens is 152 g/mol. The minimum atomic E-state index is 0.660. The van der Waals surface area contributed by atoms with Gasteiger partial charge in [-0.25, -0.2) is 0 Å². The maximum atomic E-state index is 9.92. The molecule has 0 radical (unpaired) electrons. The monoisotopic (exact) mass is 162 g/mol. The Morgan fingerprint density at radius 3 is 2.75 bits per heavy atom. The maximum Gasteiger partial charge on any atom is 0.144 e. The lowest BCUT2D eigenvalue weighted by Gasteiger charge is -2.02. The van der Waals surface area contributed by atoms with Crippen molar-refractivity contribution in [1.29, 1.82) is 0 Å². The third-order valence-electron chi connectivity index (χ3n) is 1.37. The molecule has 0 aliphatic rings. The molecule has 0 heterocycles. The second kappa shape index (κ2) is 4.18. The zero-order chi connectivity index (χ0) is 8.81. The van der Waals surface area contributed by atoms with Gasteiger partial charge in [-0.05, 0) is 18.2 Å². The highest BCUT2D eigenvalue weighted by atomic mass is 16.1. The summed E-state index contributed by atoms with van der Waals surface area (Å²) in [6.45, 7) is 0. The van der Waals surface area contributed by atoms with Crippen LogP contribution in [0.4, 0.5) is 11.4 Å². The first-order valence-electron chi connectivity index (χ1n) is 3.56. The van der Waals surface area contributed by atoms with Gasteiger partial charge in [0.15, 0.2) is 0 Å². The first-order valence-corrected chi connectivity index (χ1v) is 3.56. The Labute approximate surface area is 70.9 Å². The zero-order valence-corrected chi connectivity index (χ0v) is 6.53. The molecule has 3 heteroatoms. The summed E-state index contributed by atoms with van der Waals surface area (Å²) >= 11 is 0. The van der Waals surface area contributed by atoms with Crippen LogP contribution in [0.25, 0.3) is 0 Å². The first-order chi connectivity index (χ1) is 5.84. The lowest BCUT2D eigenvalue weighted by atomic mass is 10.3. The molecule has 0 bridgehead atoms. The van der Waals surface area contributed by atoms with Gasteiger partial charge >= 0.3 is 0 Å². The number of rotatable bonds is 3. The molecule has 0 amide bonds. The van der Waals surface area contributed by atoms with Crippen molar-refractivity contribution in [3.05, 3.63) is 36.5 Å². The van der Waals surface area contributed by atoms with Crippen molar-refractivity contribution in [2.75, 3.05) is 11.1 Å². The van der Waals surface area contributed by atoms with Crippen LogP contribution in [0, 0.1) is 0 Å². The maximum absolute atomic E-state index is 9.92. The van der Waals surface area contributed by atoms with Crippen LogP contribution in [-0.2, 0) is 4.79 Å². The molecule has 0 fully saturated rings. The number of nitrogen functional groups attached to an aromatic ring is 1. The molecule has 1 aromatic rings. The van der Waals surface area contributed by atoms with Gasteiger partial charge in [-0.15, -0.1) is 0 Å². The number of benzene rings is 1. The molecule has 3 nitrogen and oxygen atoms in total. The minimum Gasteiger partial charge on any atom is -0.397 e. The third kappa shape index (κ3) is 2.12. The predicted molar refractivity (Wildman–Crippen MR) is 49.7 cm³/mol. The van der Waals surface area contributed by atoms with Crippen molar-refractivity contribution >= 4 is 17.7 Å². The molecule has 1 rings (SSSR count). The van der Waals surface area contributed by atoms with Gasteiger partial charge in [0, 0.05) is 6.20 Å². The van der Waals surface area contributed by atoms with Gasteiger partial charge in [0.05, 0.1) is 11.4 Å². The number of carbonyl (C=O) groups excluding carboxylic acids is 1. The fourth-order valence-corrected chi connectivity index (χ4v) is 0.806. The average molecular weight is 162 g/mol. The Morgan fingerprint density at radius 1 is 1.33 bits per heavy atom. The number of nitrogens with one attached hydrogen (secondary N) is 1. The molecule has 0 aromatic heterocycles. The Hall–Kier alpha value is -1.77. The summed E-state index contributed by atoms with van der Waals surface area (Å²) in [4.78, 5) is 9.92. The van der Waals surface area contributed by atoms with E-state index in [1.165, 1.54) is 6.08 Å². The van der Waals surface area contributed by atoms with Crippen LogP contribution in [0.1, 0.15) is 0 Å². The van der Waals surface area contributed by atoms with Crippen LogP contribution in [0.3, 0.4) is 0 Å². The van der Waals surface area contributed by atoms with Crippen LogP contribution in [-0.4, -0.2) is 6.29 Å². The van der Waals surface area contributed by atoms with E-state index in [9.17, 15) is 4.79 Å². The standard InChI is InChI=1S/C9H10N2O/c10-8-4-1-2-5-9(8)11-6-3-7-12/h1-7,11H,10H2. The molecule has 0 spiro atoms. The van der Waals surface area contributed by atoms with Crippen LogP contribution in [0.2, 0.25) is 0 Å². The van der Waals surface area contributed by atoms with Crippen molar-refractivity contribution in [3.8, 4) is 0 Å². The number of allylic oxidation sites excluding steroid dienone is 1. The number of hydrogen-bond donors (Lipinski definition) is 2. The van der Waals surface area contributed by atoms with E-state index in [4.69, 9.17) is 5.73 Å².